The van der Waals surface area contributed by atoms with E-state index in [0.717, 1.165) is 38.5 Å². The van der Waals surface area contributed by atoms with Crippen LogP contribution in [0.5, 0.6) is 0 Å². The van der Waals surface area contributed by atoms with Gasteiger partial charge in [-0.25, -0.2) is 0 Å². The molecule has 0 aliphatic carbocycles. The van der Waals surface area contributed by atoms with Gasteiger partial charge in [0.1, 0.15) is 36.8 Å². The first-order valence-corrected chi connectivity index (χ1v) is 24.2. The third kappa shape index (κ3) is 29.0. The van der Waals surface area contributed by atoms with E-state index in [-0.39, 0.29) is 19.4 Å². The molecule has 4 N–H and O–H groups in total. The first-order valence-electron chi connectivity index (χ1n) is 22.6. The van der Waals surface area contributed by atoms with Crippen molar-refractivity contribution >= 4 is 22.1 Å². The minimum absolute atomic E-state index is 0.172. The first kappa shape index (κ1) is 52.7. The highest BCUT2D eigenvalue weighted by Crippen LogP contribution is 2.24. The normalized spacial score (nSPS) is 20.6. The van der Waals surface area contributed by atoms with Crippen LogP contribution in [0.25, 0.3) is 0 Å². The van der Waals surface area contributed by atoms with Gasteiger partial charge in [-0.3, -0.25) is 14.1 Å². The van der Waals surface area contributed by atoms with E-state index >= 15 is 0 Å². The molecule has 6 unspecified atom stereocenters. The fourth-order valence-corrected chi connectivity index (χ4v) is 7.84. The van der Waals surface area contributed by atoms with Crippen molar-refractivity contribution in [3.8, 4) is 0 Å². The number of carbonyl (C=O) groups is 2. The molecule has 0 saturated carbocycles. The first-order chi connectivity index (χ1) is 27.0. The fourth-order valence-electron chi connectivity index (χ4n) is 7.15. The van der Waals surface area contributed by atoms with Crippen molar-refractivity contribution in [3.05, 3.63) is 0 Å². The number of hydrogen-bond acceptors (Lipinski definition) is 11. The molecule has 332 valence electrons. The van der Waals surface area contributed by atoms with Crippen molar-refractivity contribution in [2.24, 2.45) is 0 Å². The van der Waals surface area contributed by atoms with E-state index in [4.69, 9.17) is 18.9 Å². The minimum atomic E-state index is -4.59. The zero-order valence-electron chi connectivity index (χ0n) is 35.3. The van der Waals surface area contributed by atoms with E-state index in [1.807, 2.05) is 0 Å². The molecule has 12 nitrogen and oxygen atoms in total. The highest BCUT2D eigenvalue weighted by molar-refractivity contribution is 7.85. The summed E-state index contributed by atoms with van der Waals surface area (Å²) < 4.78 is 54.0. The second kappa shape index (κ2) is 34.5. The summed E-state index contributed by atoms with van der Waals surface area (Å²) in [6.45, 7) is 3.77. The van der Waals surface area contributed by atoms with Gasteiger partial charge in [0.2, 0.25) is 0 Å². The smallest absolute Gasteiger partial charge is 0.306 e. The fraction of sp³-hybridized carbons (Fsp3) is 0.953. The summed E-state index contributed by atoms with van der Waals surface area (Å²) in [4.78, 5) is 25.4. The maximum atomic E-state index is 12.8. The summed E-state index contributed by atoms with van der Waals surface area (Å²) in [6, 6.07) is 0. The number of aliphatic hydroxyl groups is 3. The van der Waals surface area contributed by atoms with Gasteiger partial charge in [-0.15, -0.1) is 0 Å². The standard InChI is InChI=1S/C43H82O12S/c1-3-5-7-9-11-13-15-17-18-20-22-24-26-28-30-32-39(45)54-36(34-53-43-42(48)41(47)40(46)37(55-43)35-56(49,50)51)33-52-38(44)31-29-27-25-23-21-19-16-14-12-10-8-6-4-2/h36-37,40-43,46-48H,3-35H2,1-2H3,(H,49,50,51). The molecule has 0 aromatic heterocycles. The van der Waals surface area contributed by atoms with Crippen molar-refractivity contribution in [1.82, 2.24) is 0 Å². The van der Waals surface area contributed by atoms with Gasteiger partial charge >= 0.3 is 11.9 Å². The van der Waals surface area contributed by atoms with Crippen molar-refractivity contribution in [2.75, 3.05) is 19.0 Å². The lowest BCUT2D eigenvalue weighted by molar-refractivity contribution is -0.297. The van der Waals surface area contributed by atoms with Crippen LogP contribution in [-0.4, -0.2) is 96.0 Å². The lowest BCUT2D eigenvalue weighted by Gasteiger charge is -2.40. The molecule has 1 heterocycles. The van der Waals surface area contributed by atoms with Crippen LogP contribution in [0.4, 0.5) is 0 Å². The monoisotopic (exact) mass is 823 g/mol. The molecular formula is C43H82O12S. The summed E-state index contributed by atoms with van der Waals surface area (Å²) in [7, 11) is -4.59. The van der Waals surface area contributed by atoms with Crippen molar-refractivity contribution in [3.63, 3.8) is 0 Å². The van der Waals surface area contributed by atoms with E-state index in [9.17, 15) is 37.9 Å². The van der Waals surface area contributed by atoms with Crippen LogP contribution in [0.3, 0.4) is 0 Å². The van der Waals surface area contributed by atoms with E-state index in [1.165, 1.54) is 128 Å². The Kier molecular flexibility index (Phi) is 32.5. The number of ether oxygens (including phenoxy) is 4. The minimum Gasteiger partial charge on any atom is -0.462 e. The van der Waals surface area contributed by atoms with Crippen LogP contribution in [0.2, 0.25) is 0 Å². The Labute approximate surface area is 340 Å². The average molecular weight is 823 g/mol. The Balaban J connectivity index is 2.44. The van der Waals surface area contributed by atoms with Crippen molar-refractivity contribution in [2.45, 2.75) is 243 Å². The van der Waals surface area contributed by atoms with Crippen molar-refractivity contribution < 1.29 is 56.8 Å². The molecule has 0 aromatic rings. The molecule has 1 aliphatic heterocycles. The summed E-state index contributed by atoms with van der Waals surface area (Å²) in [5.74, 6) is -1.96. The zero-order valence-corrected chi connectivity index (χ0v) is 36.1. The molecule has 0 amide bonds. The molecule has 1 aliphatic rings. The Morgan fingerprint density at radius 2 is 0.911 bits per heavy atom. The molecule has 1 fully saturated rings. The summed E-state index contributed by atoms with van der Waals surface area (Å²) in [6.07, 6.45) is 24.3. The number of aliphatic hydroxyl groups excluding tert-OH is 3. The van der Waals surface area contributed by atoms with Gasteiger partial charge < -0.3 is 34.3 Å². The van der Waals surface area contributed by atoms with E-state index < -0.39 is 71.2 Å². The SMILES string of the molecule is CCCCCCCCCCCCCCCCCC(=O)OC(COC(=O)CCCCCCCCCCCCCCC)COC1OC(CS(=O)(=O)O)C(O)C(O)C1O. The molecule has 56 heavy (non-hydrogen) atoms. The largest absolute Gasteiger partial charge is 0.462 e. The van der Waals surface area contributed by atoms with E-state index in [0.29, 0.717) is 12.8 Å². The van der Waals surface area contributed by atoms with Gasteiger partial charge in [-0.2, -0.15) is 8.42 Å². The molecule has 0 bridgehead atoms. The van der Waals surface area contributed by atoms with Gasteiger partial charge in [0.25, 0.3) is 10.1 Å². The van der Waals surface area contributed by atoms with Crippen molar-refractivity contribution in [1.29, 1.82) is 0 Å². The second-order valence-corrected chi connectivity index (χ2v) is 17.6. The zero-order chi connectivity index (χ0) is 41.3. The molecule has 13 heteroatoms. The molecule has 0 radical (unpaired) electrons. The highest BCUT2D eigenvalue weighted by atomic mass is 32.2. The van der Waals surface area contributed by atoms with Crippen LogP contribution in [0.1, 0.15) is 206 Å². The molecule has 0 aromatic carbocycles. The number of esters is 2. The predicted octanol–water partition coefficient (Wildman–Crippen LogP) is 8.90. The lowest BCUT2D eigenvalue weighted by Crippen LogP contribution is -2.60. The molecule has 6 atom stereocenters. The van der Waals surface area contributed by atoms with Crippen LogP contribution in [0, 0.1) is 0 Å². The van der Waals surface area contributed by atoms with Crippen LogP contribution in [0.15, 0.2) is 0 Å². The average Bonchev–Trinajstić information content (AvgIpc) is 3.16. The van der Waals surface area contributed by atoms with Gasteiger partial charge in [-0.1, -0.05) is 181 Å². The number of carbonyl (C=O) groups excluding carboxylic acids is 2. The Hall–Kier alpha value is -1.35. The third-order valence-electron chi connectivity index (χ3n) is 10.7. The summed E-state index contributed by atoms with van der Waals surface area (Å²) in [5.41, 5.74) is 0. The molecule has 1 rings (SSSR count). The summed E-state index contributed by atoms with van der Waals surface area (Å²) in [5, 5.41) is 30.8. The third-order valence-corrected chi connectivity index (χ3v) is 11.4. The number of unbranched alkanes of at least 4 members (excludes halogenated alkanes) is 26. The van der Waals surface area contributed by atoms with Crippen LogP contribution < -0.4 is 0 Å². The highest BCUT2D eigenvalue weighted by Gasteiger charge is 2.46. The summed E-state index contributed by atoms with van der Waals surface area (Å²) >= 11 is 0. The van der Waals surface area contributed by atoms with Crippen LogP contribution >= 0.6 is 0 Å². The number of hydrogen-bond donors (Lipinski definition) is 4. The second-order valence-electron chi connectivity index (χ2n) is 16.1. The Bertz CT molecular complexity index is 1060. The lowest BCUT2D eigenvalue weighted by atomic mass is 10.00. The quantitative estimate of drug-likeness (QED) is 0.0264. The molecule has 0 spiro atoms. The maximum absolute atomic E-state index is 12.8. The Morgan fingerprint density at radius 1 is 0.536 bits per heavy atom. The van der Waals surface area contributed by atoms with E-state index in [1.54, 1.807) is 0 Å². The van der Waals surface area contributed by atoms with Gasteiger partial charge in [0.05, 0.1) is 6.61 Å². The molecular weight excluding hydrogens is 741 g/mol. The predicted molar refractivity (Wildman–Crippen MR) is 220 cm³/mol. The van der Waals surface area contributed by atoms with Gasteiger partial charge in [0, 0.05) is 12.8 Å². The Morgan fingerprint density at radius 3 is 1.30 bits per heavy atom. The molecule has 1 saturated heterocycles. The van der Waals surface area contributed by atoms with E-state index in [2.05, 4.69) is 13.8 Å². The number of rotatable bonds is 38. The van der Waals surface area contributed by atoms with Gasteiger partial charge in [0.15, 0.2) is 12.4 Å². The van der Waals surface area contributed by atoms with Gasteiger partial charge in [-0.05, 0) is 12.8 Å². The topological polar surface area (TPSA) is 186 Å². The van der Waals surface area contributed by atoms with Crippen LogP contribution in [-0.2, 0) is 38.7 Å². The maximum Gasteiger partial charge on any atom is 0.306 e.